The Kier molecular flexibility index (Phi) is 4.85. The van der Waals surface area contributed by atoms with Gasteiger partial charge < -0.3 is 15.2 Å². The van der Waals surface area contributed by atoms with E-state index in [1.165, 1.54) is 25.0 Å². The molecular formula is C16H20FN5O. The van der Waals surface area contributed by atoms with E-state index in [-0.39, 0.29) is 5.82 Å². The zero-order chi connectivity index (χ0) is 16.1. The van der Waals surface area contributed by atoms with E-state index in [1.807, 2.05) is 0 Å². The molecule has 1 aromatic carbocycles. The van der Waals surface area contributed by atoms with Crippen molar-refractivity contribution in [3.63, 3.8) is 0 Å². The van der Waals surface area contributed by atoms with Gasteiger partial charge in [-0.3, -0.25) is 4.99 Å². The number of halogens is 1. The summed E-state index contributed by atoms with van der Waals surface area (Å²) in [6.45, 7) is 0.778. The molecule has 1 saturated carbocycles. The van der Waals surface area contributed by atoms with Gasteiger partial charge in [0.15, 0.2) is 5.96 Å². The predicted molar refractivity (Wildman–Crippen MR) is 85.5 cm³/mol. The molecule has 23 heavy (non-hydrogen) atoms. The third kappa shape index (κ3) is 4.51. The fraction of sp³-hybridized carbons (Fsp3) is 0.438. The van der Waals surface area contributed by atoms with Gasteiger partial charge in [-0.2, -0.15) is 4.98 Å². The van der Waals surface area contributed by atoms with E-state index in [1.54, 1.807) is 19.2 Å². The summed E-state index contributed by atoms with van der Waals surface area (Å²) in [6, 6.07) is 6.62. The Bertz CT molecular complexity index is 663. The first-order valence-electron chi connectivity index (χ1n) is 7.80. The Labute approximate surface area is 134 Å². The number of aliphatic imine (C=N–C) groups is 1. The van der Waals surface area contributed by atoms with Crippen LogP contribution in [0.25, 0.3) is 11.4 Å². The summed E-state index contributed by atoms with van der Waals surface area (Å²) in [4.78, 5) is 8.51. The summed E-state index contributed by atoms with van der Waals surface area (Å²) in [7, 11) is 1.77. The lowest BCUT2D eigenvalue weighted by Gasteiger charge is -2.09. The first kappa shape index (κ1) is 15.5. The minimum atomic E-state index is -0.281. The summed E-state index contributed by atoms with van der Waals surface area (Å²) in [5, 5.41) is 10.5. The lowest BCUT2D eigenvalue weighted by molar-refractivity contribution is 0.376. The molecule has 3 rings (SSSR count). The van der Waals surface area contributed by atoms with E-state index < -0.39 is 0 Å². The number of aryl methyl sites for hydroxylation is 1. The van der Waals surface area contributed by atoms with Crippen molar-refractivity contribution in [3.8, 4) is 11.4 Å². The second-order valence-electron chi connectivity index (χ2n) is 5.54. The van der Waals surface area contributed by atoms with E-state index in [2.05, 4.69) is 25.8 Å². The minimum absolute atomic E-state index is 0.281. The zero-order valence-electron chi connectivity index (χ0n) is 13.1. The molecule has 7 heteroatoms. The Morgan fingerprint density at radius 2 is 2.13 bits per heavy atom. The monoisotopic (exact) mass is 317 g/mol. The zero-order valence-corrected chi connectivity index (χ0v) is 13.1. The SMILES string of the molecule is CN=C(NCCCc1nc(-c2ccc(F)cc2)no1)NC1CC1. The molecule has 0 saturated heterocycles. The van der Waals surface area contributed by atoms with Crippen LogP contribution in [0.3, 0.4) is 0 Å². The summed E-state index contributed by atoms with van der Waals surface area (Å²) in [5.41, 5.74) is 0.744. The maximum Gasteiger partial charge on any atom is 0.227 e. The number of hydrogen-bond acceptors (Lipinski definition) is 4. The van der Waals surface area contributed by atoms with Crippen molar-refractivity contribution in [1.82, 2.24) is 20.8 Å². The number of nitrogens with zero attached hydrogens (tertiary/aromatic N) is 3. The molecule has 0 aliphatic heterocycles. The molecule has 1 aliphatic rings. The van der Waals surface area contributed by atoms with Crippen molar-refractivity contribution < 1.29 is 8.91 Å². The molecular weight excluding hydrogens is 297 g/mol. The van der Waals surface area contributed by atoms with Crippen LogP contribution < -0.4 is 10.6 Å². The number of nitrogens with one attached hydrogen (secondary N) is 2. The summed E-state index contributed by atoms with van der Waals surface area (Å²) >= 11 is 0. The molecule has 1 heterocycles. The van der Waals surface area contributed by atoms with Gasteiger partial charge in [-0.25, -0.2) is 4.39 Å². The Morgan fingerprint density at radius 3 is 2.83 bits per heavy atom. The van der Waals surface area contributed by atoms with Crippen LogP contribution >= 0.6 is 0 Å². The normalized spacial score (nSPS) is 14.8. The maximum atomic E-state index is 12.9. The van der Waals surface area contributed by atoms with Crippen LogP contribution in [-0.2, 0) is 6.42 Å². The molecule has 1 fully saturated rings. The average molecular weight is 317 g/mol. The van der Waals surface area contributed by atoms with Gasteiger partial charge >= 0.3 is 0 Å². The van der Waals surface area contributed by atoms with E-state index in [0.29, 0.717) is 24.2 Å². The van der Waals surface area contributed by atoms with Gasteiger partial charge in [-0.15, -0.1) is 0 Å². The molecule has 0 atom stereocenters. The third-order valence-electron chi connectivity index (χ3n) is 3.57. The highest BCUT2D eigenvalue weighted by Crippen LogP contribution is 2.18. The van der Waals surface area contributed by atoms with Crippen LogP contribution in [-0.4, -0.2) is 35.7 Å². The molecule has 1 aromatic heterocycles. The smallest absolute Gasteiger partial charge is 0.227 e. The molecule has 0 radical (unpaired) electrons. The number of aromatic nitrogens is 2. The second-order valence-corrected chi connectivity index (χ2v) is 5.54. The van der Waals surface area contributed by atoms with Crippen LogP contribution in [0, 0.1) is 5.82 Å². The lowest BCUT2D eigenvalue weighted by Crippen LogP contribution is -2.39. The molecule has 2 N–H and O–H groups in total. The van der Waals surface area contributed by atoms with Gasteiger partial charge in [0, 0.05) is 31.6 Å². The number of guanidine groups is 1. The Hall–Kier alpha value is -2.44. The average Bonchev–Trinajstić information content (AvgIpc) is 3.26. The van der Waals surface area contributed by atoms with Crippen molar-refractivity contribution in [2.75, 3.05) is 13.6 Å². The molecule has 0 unspecified atom stereocenters. The van der Waals surface area contributed by atoms with Crippen molar-refractivity contribution >= 4 is 5.96 Å². The highest BCUT2D eigenvalue weighted by molar-refractivity contribution is 5.80. The third-order valence-corrected chi connectivity index (χ3v) is 3.57. The fourth-order valence-corrected chi connectivity index (χ4v) is 2.13. The summed E-state index contributed by atoms with van der Waals surface area (Å²) in [6.07, 6.45) is 3.97. The van der Waals surface area contributed by atoms with Gasteiger partial charge in [0.1, 0.15) is 5.82 Å². The summed E-state index contributed by atoms with van der Waals surface area (Å²) in [5.74, 6) is 1.62. The first-order chi connectivity index (χ1) is 11.2. The maximum absolute atomic E-state index is 12.9. The van der Waals surface area contributed by atoms with Crippen molar-refractivity contribution in [3.05, 3.63) is 36.0 Å². The molecule has 0 spiro atoms. The lowest BCUT2D eigenvalue weighted by atomic mass is 10.2. The van der Waals surface area contributed by atoms with Crippen molar-refractivity contribution in [2.24, 2.45) is 4.99 Å². The molecule has 6 nitrogen and oxygen atoms in total. The number of hydrogen-bond donors (Lipinski definition) is 2. The Balaban J connectivity index is 1.44. The van der Waals surface area contributed by atoms with Crippen LogP contribution in [0.15, 0.2) is 33.8 Å². The van der Waals surface area contributed by atoms with E-state index in [4.69, 9.17) is 4.52 Å². The highest BCUT2D eigenvalue weighted by atomic mass is 19.1. The number of rotatable bonds is 6. The van der Waals surface area contributed by atoms with E-state index in [0.717, 1.165) is 24.5 Å². The van der Waals surface area contributed by atoms with E-state index in [9.17, 15) is 4.39 Å². The molecule has 122 valence electrons. The molecule has 2 aromatic rings. The van der Waals surface area contributed by atoms with Crippen molar-refractivity contribution in [2.45, 2.75) is 31.7 Å². The van der Waals surface area contributed by atoms with Gasteiger partial charge in [0.05, 0.1) is 0 Å². The molecule has 0 bridgehead atoms. The standard InChI is InChI=1S/C16H20FN5O/c1-18-16(20-13-8-9-13)19-10-2-3-14-21-15(22-23-14)11-4-6-12(17)7-5-11/h4-7,13H,2-3,8-10H2,1H3,(H2,18,19,20). The predicted octanol–water partition coefficient (Wildman–Crippen LogP) is 2.14. The molecule has 0 amide bonds. The first-order valence-corrected chi connectivity index (χ1v) is 7.80. The van der Waals surface area contributed by atoms with Gasteiger partial charge in [-0.1, -0.05) is 5.16 Å². The van der Waals surface area contributed by atoms with Gasteiger partial charge in [-0.05, 0) is 43.5 Å². The second kappa shape index (κ2) is 7.21. The van der Waals surface area contributed by atoms with Crippen LogP contribution in [0.1, 0.15) is 25.2 Å². The minimum Gasteiger partial charge on any atom is -0.356 e. The van der Waals surface area contributed by atoms with E-state index >= 15 is 0 Å². The van der Waals surface area contributed by atoms with Gasteiger partial charge in [0.2, 0.25) is 11.7 Å². The highest BCUT2D eigenvalue weighted by Gasteiger charge is 2.21. The van der Waals surface area contributed by atoms with Crippen LogP contribution in [0.2, 0.25) is 0 Å². The Morgan fingerprint density at radius 1 is 1.35 bits per heavy atom. The van der Waals surface area contributed by atoms with Gasteiger partial charge in [0.25, 0.3) is 0 Å². The van der Waals surface area contributed by atoms with Crippen molar-refractivity contribution in [1.29, 1.82) is 0 Å². The molecule has 1 aliphatic carbocycles. The topological polar surface area (TPSA) is 75.3 Å². The number of benzene rings is 1. The largest absolute Gasteiger partial charge is 0.356 e. The van der Waals surface area contributed by atoms with Crippen LogP contribution in [0.4, 0.5) is 4.39 Å². The van der Waals surface area contributed by atoms with Crippen LogP contribution in [0.5, 0.6) is 0 Å². The quantitative estimate of drug-likeness (QED) is 0.485. The summed E-state index contributed by atoms with van der Waals surface area (Å²) < 4.78 is 18.1. The fourth-order valence-electron chi connectivity index (χ4n) is 2.13.